The summed E-state index contributed by atoms with van der Waals surface area (Å²) in [5, 5.41) is 16.5. The van der Waals surface area contributed by atoms with Crippen LogP contribution in [0, 0.1) is 16.0 Å². The summed E-state index contributed by atoms with van der Waals surface area (Å²) < 4.78 is 5.19. The van der Waals surface area contributed by atoms with Crippen molar-refractivity contribution in [1.82, 2.24) is 0 Å². The van der Waals surface area contributed by atoms with Gasteiger partial charge in [0.05, 0.1) is 10.5 Å². The number of anilines is 2. The van der Waals surface area contributed by atoms with Gasteiger partial charge in [-0.25, -0.2) is 4.79 Å². The Balaban J connectivity index is 2.08. The molecule has 2 N–H and O–H groups in total. The SMILES string of the molecule is CNc1ccc(C(=O)O[C@H](C)C(=O)c2ccc(NC(=O)C(C)C)cc2)cc1[N+](=O)[O-]. The van der Waals surface area contributed by atoms with Gasteiger partial charge in [-0.3, -0.25) is 19.7 Å². The molecule has 0 spiro atoms. The van der Waals surface area contributed by atoms with Crippen molar-refractivity contribution in [3.05, 3.63) is 63.7 Å². The van der Waals surface area contributed by atoms with E-state index in [0.29, 0.717) is 11.3 Å². The summed E-state index contributed by atoms with van der Waals surface area (Å²) >= 11 is 0. The molecular formula is C21H23N3O6. The highest BCUT2D eigenvalue weighted by atomic mass is 16.6. The van der Waals surface area contributed by atoms with Gasteiger partial charge < -0.3 is 15.4 Å². The zero-order valence-electron chi connectivity index (χ0n) is 17.1. The number of ether oxygens (including phenoxy) is 1. The maximum atomic E-state index is 12.5. The summed E-state index contributed by atoms with van der Waals surface area (Å²) in [4.78, 5) is 47.1. The number of nitro benzene ring substituents is 1. The molecule has 2 aromatic rings. The lowest BCUT2D eigenvalue weighted by atomic mass is 10.1. The topological polar surface area (TPSA) is 128 Å². The molecule has 0 aromatic heterocycles. The molecule has 0 aliphatic carbocycles. The largest absolute Gasteiger partial charge is 0.451 e. The number of nitro groups is 1. The molecule has 2 rings (SSSR count). The minimum absolute atomic E-state index is 0.0351. The number of carbonyl (C=O) groups excluding carboxylic acids is 3. The Kier molecular flexibility index (Phi) is 7.24. The number of benzene rings is 2. The Labute approximate surface area is 173 Å². The lowest BCUT2D eigenvalue weighted by Crippen LogP contribution is -2.24. The Morgan fingerprint density at radius 1 is 1.00 bits per heavy atom. The quantitative estimate of drug-likeness (QED) is 0.292. The number of hydrogen-bond donors (Lipinski definition) is 2. The predicted molar refractivity (Wildman–Crippen MR) is 112 cm³/mol. The summed E-state index contributed by atoms with van der Waals surface area (Å²) in [7, 11) is 1.53. The van der Waals surface area contributed by atoms with E-state index in [4.69, 9.17) is 4.74 Å². The molecule has 30 heavy (non-hydrogen) atoms. The first-order valence-corrected chi connectivity index (χ1v) is 9.26. The van der Waals surface area contributed by atoms with Crippen molar-refractivity contribution in [2.45, 2.75) is 26.9 Å². The molecule has 0 saturated heterocycles. The molecule has 0 unspecified atom stereocenters. The van der Waals surface area contributed by atoms with Crippen LogP contribution in [-0.4, -0.2) is 35.7 Å². The first-order valence-electron chi connectivity index (χ1n) is 9.26. The van der Waals surface area contributed by atoms with Gasteiger partial charge in [0.25, 0.3) is 5.69 Å². The summed E-state index contributed by atoms with van der Waals surface area (Å²) in [6.07, 6.45) is -1.10. The van der Waals surface area contributed by atoms with E-state index in [-0.39, 0.29) is 28.8 Å². The van der Waals surface area contributed by atoms with E-state index in [2.05, 4.69) is 10.6 Å². The van der Waals surface area contributed by atoms with Gasteiger partial charge in [0.2, 0.25) is 11.7 Å². The molecule has 0 aliphatic heterocycles. The fourth-order valence-electron chi connectivity index (χ4n) is 2.54. The number of rotatable bonds is 8. The van der Waals surface area contributed by atoms with E-state index in [1.165, 1.54) is 38.2 Å². The number of ketones is 1. The second-order valence-corrected chi connectivity index (χ2v) is 6.87. The first kappa shape index (κ1) is 22.5. The van der Waals surface area contributed by atoms with Gasteiger partial charge >= 0.3 is 5.97 Å². The maximum Gasteiger partial charge on any atom is 0.339 e. The second kappa shape index (κ2) is 9.64. The number of esters is 1. The number of nitrogens with one attached hydrogen (secondary N) is 2. The summed E-state index contributed by atoms with van der Waals surface area (Å²) in [6.45, 7) is 4.96. The highest BCUT2D eigenvalue weighted by Crippen LogP contribution is 2.25. The van der Waals surface area contributed by atoms with Crippen LogP contribution >= 0.6 is 0 Å². The minimum atomic E-state index is -1.10. The first-order chi connectivity index (χ1) is 14.1. The van der Waals surface area contributed by atoms with Crippen LogP contribution in [0.3, 0.4) is 0 Å². The van der Waals surface area contributed by atoms with Crippen LogP contribution in [0.4, 0.5) is 17.1 Å². The van der Waals surface area contributed by atoms with Crippen LogP contribution in [0.1, 0.15) is 41.5 Å². The second-order valence-electron chi connectivity index (χ2n) is 6.87. The third-order valence-corrected chi connectivity index (χ3v) is 4.31. The molecule has 0 radical (unpaired) electrons. The molecule has 0 aliphatic rings. The van der Waals surface area contributed by atoms with Crippen LogP contribution in [-0.2, 0) is 9.53 Å². The highest BCUT2D eigenvalue weighted by molar-refractivity contribution is 6.02. The maximum absolute atomic E-state index is 12.5. The Morgan fingerprint density at radius 2 is 1.60 bits per heavy atom. The lowest BCUT2D eigenvalue weighted by Gasteiger charge is -2.13. The molecule has 9 heteroatoms. The van der Waals surface area contributed by atoms with Crippen molar-refractivity contribution in [3.63, 3.8) is 0 Å². The van der Waals surface area contributed by atoms with Gasteiger partial charge in [0, 0.05) is 30.3 Å². The number of nitrogens with zero attached hydrogens (tertiary/aromatic N) is 1. The van der Waals surface area contributed by atoms with Gasteiger partial charge in [0.1, 0.15) is 5.69 Å². The highest BCUT2D eigenvalue weighted by Gasteiger charge is 2.23. The molecule has 9 nitrogen and oxygen atoms in total. The molecule has 0 saturated carbocycles. The number of amides is 1. The van der Waals surface area contributed by atoms with Crippen molar-refractivity contribution in [2.24, 2.45) is 5.92 Å². The van der Waals surface area contributed by atoms with E-state index < -0.39 is 22.8 Å². The van der Waals surface area contributed by atoms with Gasteiger partial charge in [0.15, 0.2) is 6.10 Å². The zero-order chi connectivity index (χ0) is 22.4. The Bertz CT molecular complexity index is 969. The van der Waals surface area contributed by atoms with Gasteiger partial charge in [-0.2, -0.15) is 0 Å². The number of hydrogen-bond acceptors (Lipinski definition) is 7. The van der Waals surface area contributed by atoms with E-state index >= 15 is 0 Å². The van der Waals surface area contributed by atoms with Crippen LogP contribution in [0.15, 0.2) is 42.5 Å². The molecular weight excluding hydrogens is 390 g/mol. The summed E-state index contributed by atoms with van der Waals surface area (Å²) in [6, 6.07) is 10.1. The summed E-state index contributed by atoms with van der Waals surface area (Å²) in [5.41, 5.74) is 0.795. The Morgan fingerprint density at radius 3 is 2.13 bits per heavy atom. The zero-order valence-corrected chi connectivity index (χ0v) is 17.1. The van der Waals surface area contributed by atoms with Crippen molar-refractivity contribution >= 4 is 34.7 Å². The van der Waals surface area contributed by atoms with Crippen molar-refractivity contribution < 1.29 is 24.0 Å². The van der Waals surface area contributed by atoms with Crippen LogP contribution in [0.25, 0.3) is 0 Å². The fourth-order valence-corrected chi connectivity index (χ4v) is 2.54. The van der Waals surface area contributed by atoms with E-state index in [1.54, 1.807) is 26.0 Å². The normalized spacial score (nSPS) is 11.5. The van der Waals surface area contributed by atoms with E-state index in [9.17, 15) is 24.5 Å². The molecule has 158 valence electrons. The Hall–Kier alpha value is -3.75. The number of Topliss-reactive ketones (excluding diaryl/α,β-unsaturated/α-hetero) is 1. The predicted octanol–water partition coefficient (Wildman–Crippen LogP) is 3.66. The van der Waals surface area contributed by atoms with Crippen LogP contribution in [0.5, 0.6) is 0 Å². The average molecular weight is 413 g/mol. The van der Waals surface area contributed by atoms with Crippen molar-refractivity contribution in [1.29, 1.82) is 0 Å². The summed E-state index contributed by atoms with van der Waals surface area (Å²) in [5.74, 6) is -1.60. The molecule has 0 fully saturated rings. The monoisotopic (exact) mass is 413 g/mol. The fraction of sp³-hybridized carbons (Fsp3) is 0.286. The van der Waals surface area contributed by atoms with Crippen LogP contribution < -0.4 is 10.6 Å². The average Bonchev–Trinajstić information content (AvgIpc) is 2.72. The third kappa shape index (κ3) is 5.40. The van der Waals surface area contributed by atoms with Gasteiger partial charge in [-0.15, -0.1) is 0 Å². The van der Waals surface area contributed by atoms with Crippen molar-refractivity contribution in [3.8, 4) is 0 Å². The van der Waals surface area contributed by atoms with Crippen LogP contribution in [0.2, 0.25) is 0 Å². The number of carbonyl (C=O) groups is 3. The standard InChI is InChI=1S/C21H23N3O6/c1-12(2)20(26)23-16-8-5-14(6-9-16)19(25)13(3)30-21(27)15-7-10-17(22-4)18(11-15)24(28)29/h5-13,22H,1-4H3,(H,23,26)/t13-/m1/s1. The third-order valence-electron chi connectivity index (χ3n) is 4.31. The molecule has 1 amide bonds. The minimum Gasteiger partial charge on any atom is -0.451 e. The molecule has 0 heterocycles. The lowest BCUT2D eigenvalue weighted by molar-refractivity contribution is -0.384. The van der Waals surface area contributed by atoms with E-state index in [0.717, 1.165) is 6.07 Å². The molecule has 2 aromatic carbocycles. The smallest absolute Gasteiger partial charge is 0.339 e. The molecule has 1 atom stereocenters. The van der Waals surface area contributed by atoms with Gasteiger partial charge in [-0.05, 0) is 43.3 Å². The molecule has 0 bridgehead atoms. The van der Waals surface area contributed by atoms with Gasteiger partial charge in [-0.1, -0.05) is 13.8 Å². The van der Waals surface area contributed by atoms with E-state index in [1.807, 2.05) is 0 Å². The van der Waals surface area contributed by atoms with Crippen molar-refractivity contribution in [2.75, 3.05) is 17.7 Å².